The lowest BCUT2D eigenvalue weighted by Crippen LogP contribution is -2.19. The third-order valence-corrected chi connectivity index (χ3v) is 5.46. The van der Waals surface area contributed by atoms with Crippen LogP contribution in [0.1, 0.15) is 78.1 Å². The summed E-state index contributed by atoms with van der Waals surface area (Å²) in [4.78, 5) is 29.6. The van der Waals surface area contributed by atoms with Gasteiger partial charge in [0.2, 0.25) is 0 Å². The molecule has 1 heterocycles. The Morgan fingerprint density at radius 3 is 2.41 bits per heavy atom. The van der Waals surface area contributed by atoms with Gasteiger partial charge in [-0.15, -0.1) is 0 Å². The van der Waals surface area contributed by atoms with Crippen molar-refractivity contribution in [3.63, 3.8) is 0 Å². The summed E-state index contributed by atoms with van der Waals surface area (Å²) in [6.07, 6.45) is 1.23. The van der Waals surface area contributed by atoms with Gasteiger partial charge in [-0.1, -0.05) is 44.2 Å². The highest BCUT2D eigenvalue weighted by molar-refractivity contribution is 6.00. The Morgan fingerprint density at radius 2 is 1.85 bits per heavy atom. The van der Waals surface area contributed by atoms with Crippen LogP contribution in [0.2, 0.25) is 0 Å². The minimum absolute atomic E-state index is 0.0514. The molecule has 0 bridgehead atoms. The molecule has 1 N–H and O–H groups in total. The van der Waals surface area contributed by atoms with Gasteiger partial charge in [0.15, 0.2) is 11.6 Å². The van der Waals surface area contributed by atoms with Crippen LogP contribution < -0.4 is 0 Å². The van der Waals surface area contributed by atoms with Crippen molar-refractivity contribution >= 4 is 11.6 Å². The van der Waals surface area contributed by atoms with Crippen molar-refractivity contribution in [2.24, 2.45) is 11.8 Å². The second-order valence-corrected chi connectivity index (χ2v) is 7.67. The van der Waals surface area contributed by atoms with Crippen molar-refractivity contribution < 1.29 is 14.7 Å². The van der Waals surface area contributed by atoms with E-state index in [2.05, 4.69) is 11.9 Å². The lowest BCUT2D eigenvalue weighted by atomic mass is 9.89. The average molecular weight is 365 g/mol. The summed E-state index contributed by atoms with van der Waals surface area (Å²) in [7, 11) is 0. The van der Waals surface area contributed by atoms with E-state index in [1.165, 1.54) is 0 Å². The SMILES string of the molecule is CCC(=O)c1cc(C(=O)C[C@H]2C[C@@H]2C)cc(C(c2ccccc2)C(C)O)n1. The molecule has 142 valence electrons. The minimum Gasteiger partial charge on any atom is -0.392 e. The number of aliphatic hydroxyl groups is 1. The molecule has 4 heteroatoms. The molecule has 4 atom stereocenters. The van der Waals surface area contributed by atoms with E-state index in [0.717, 1.165) is 12.0 Å². The van der Waals surface area contributed by atoms with Crippen LogP contribution in [0.25, 0.3) is 0 Å². The molecule has 1 saturated carbocycles. The number of pyridine rings is 1. The third-order valence-electron chi connectivity index (χ3n) is 5.46. The fourth-order valence-electron chi connectivity index (χ4n) is 3.59. The van der Waals surface area contributed by atoms with Crippen molar-refractivity contribution in [3.05, 3.63) is 65.0 Å². The first-order valence-electron chi connectivity index (χ1n) is 9.72. The number of hydrogen-bond acceptors (Lipinski definition) is 4. The maximum absolute atomic E-state index is 12.8. The molecular weight excluding hydrogens is 338 g/mol. The standard InChI is InChI=1S/C23H27NO3/c1-4-21(26)19-11-18(22(27)13-17-10-14(17)2)12-20(24-19)23(15(3)25)16-8-6-5-7-9-16/h5-9,11-12,14-15,17,23,25H,4,10,13H2,1-3H3/t14-,15?,17+,23?/m0/s1. The summed E-state index contributed by atoms with van der Waals surface area (Å²) < 4.78 is 0. The molecular formula is C23H27NO3. The van der Waals surface area contributed by atoms with Crippen molar-refractivity contribution in [1.82, 2.24) is 4.98 Å². The fourth-order valence-corrected chi connectivity index (χ4v) is 3.59. The van der Waals surface area contributed by atoms with Gasteiger partial charge < -0.3 is 5.11 Å². The first kappa shape index (κ1) is 19.4. The van der Waals surface area contributed by atoms with Gasteiger partial charge in [-0.3, -0.25) is 9.59 Å². The van der Waals surface area contributed by atoms with E-state index in [4.69, 9.17) is 0 Å². The van der Waals surface area contributed by atoms with Gasteiger partial charge in [0.25, 0.3) is 0 Å². The van der Waals surface area contributed by atoms with Crippen LogP contribution in [0.3, 0.4) is 0 Å². The van der Waals surface area contributed by atoms with Crippen LogP contribution in [0, 0.1) is 11.8 Å². The smallest absolute Gasteiger partial charge is 0.180 e. The molecule has 0 amide bonds. The zero-order valence-electron chi connectivity index (χ0n) is 16.2. The second kappa shape index (κ2) is 8.13. The van der Waals surface area contributed by atoms with Crippen LogP contribution in [-0.2, 0) is 0 Å². The first-order valence-corrected chi connectivity index (χ1v) is 9.72. The Morgan fingerprint density at radius 1 is 1.19 bits per heavy atom. The minimum atomic E-state index is -0.696. The topological polar surface area (TPSA) is 67.3 Å². The summed E-state index contributed by atoms with van der Waals surface area (Å²) in [5, 5.41) is 10.4. The molecule has 0 saturated heterocycles. The highest BCUT2D eigenvalue weighted by atomic mass is 16.3. The number of rotatable bonds is 8. The molecule has 1 aliphatic carbocycles. The number of benzene rings is 1. The van der Waals surface area contributed by atoms with E-state index < -0.39 is 6.10 Å². The molecule has 3 rings (SSSR count). The predicted octanol–water partition coefficient (Wildman–Crippen LogP) is 4.42. The predicted molar refractivity (Wildman–Crippen MR) is 105 cm³/mol. The fraction of sp³-hybridized carbons (Fsp3) is 0.435. The number of nitrogens with zero attached hydrogens (tertiary/aromatic N) is 1. The van der Waals surface area contributed by atoms with Crippen molar-refractivity contribution in [2.45, 2.75) is 52.1 Å². The maximum Gasteiger partial charge on any atom is 0.180 e. The van der Waals surface area contributed by atoms with Crippen LogP contribution in [0.15, 0.2) is 42.5 Å². The molecule has 2 aromatic rings. The quantitative estimate of drug-likeness (QED) is 0.703. The number of Topliss-reactive ketones (excluding diaryl/α,β-unsaturated/α-hetero) is 2. The maximum atomic E-state index is 12.8. The number of ketones is 2. The van der Waals surface area contributed by atoms with E-state index in [-0.39, 0.29) is 17.5 Å². The summed E-state index contributed by atoms with van der Waals surface area (Å²) >= 11 is 0. The molecule has 4 nitrogen and oxygen atoms in total. The van der Waals surface area contributed by atoms with Gasteiger partial charge in [0.05, 0.1) is 17.7 Å². The highest BCUT2D eigenvalue weighted by Crippen LogP contribution is 2.41. The Labute approximate surface area is 160 Å². The van der Waals surface area contributed by atoms with Crippen molar-refractivity contribution in [2.75, 3.05) is 0 Å². The van der Waals surface area contributed by atoms with Gasteiger partial charge in [0.1, 0.15) is 5.69 Å². The van der Waals surface area contributed by atoms with E-state index in [1.807, 2.05) is 30.3 Å². The van der Waals surface area contributed by atoms with E-state index in [1.54, 1.807) is 26.0 Å². The van der Waals surface area contributed by atoms with Gasteiger partial charge >= 0.3 is 0 Å². The molecule has 1 aromatic carbocycles. The largest absolute Gasteiger partial charge is 0.392 e. The van der Waals surface area contributed by atoms with Crippen LogP contribution in [0.5, 0.6) is 0 Å². The van der Waals surface area contributed by atoms with Gasteiger partial charge in [-0.2, -0.15) is 0 Å². The first-order chi connectivity index (χ1) is 12.9. The normalized spacial score (nSPS) is 20.7. The van der Waals surface area contributed by atoms with Crippen molar-refractivity contribution in [1.29, 1.82) is 0 Å². The van der Waals surface area contributed by atoms with Crippen LogP contribution in [-0.4, -0.2) is 27.8 Å². The lowest BCUT2D eigenvalue weighted by molar-refractivity contribution is 0.0973. The molecule has 1 fully saturated rings. The Bertz CT molecular complexity index is 829. The monoisotopic (exact) mass is 365 g/mol. The Hall–Kier alpha value is -2.33. The van der Waals surface area contributed by atoms with Crippen LogP contribution in [0.4, 0.5) is 0 Å². The summed E-state index contributed by atoms with van der Waals surface area (Å²) in [5.74, 6) is 0.614. The average Bonchev–Trinajstić information content (AvgIpc) is 3.36. The van der Waals surface area contributed by atoms with Crippen LogP contribution >= 0.6 is 0 Å². The van der Waals surface area contributed by atoms with Gasteiger partial charge in [0, 0.05) is 18.4 Å². The second-order valence-electron chi connectivity index (χ2n) is 7.67. The molecule has 27 heavy (non-hydrogen) atoms. The Kier molecular flexibility index (Phi) is 5.85. The number of hydrogen-bond donors (Lipinski definition) is 1. The molecule has 2 unspecified atom stereocenters. The number of carbonyl (C=O) groups is 2. The van der Waals surface area contributed by atoms with E-state index in [0.29, 0.717) is 41.6 Å². The summed E-state index contributed by atoms with van der Waals surface area (Å²) in [5.41, 5.74) is 2.32. The molecule has 1 aromatic heterocycles. The molecule has 1 aliphatic rings. The summed E-state index contributed by atoms with van der Waals surface area (Å²) in [6.45, 7) is 5.65. The highest BCUT2D eigenvalue weighted by Gasteiger charge is 2.34. The van der Waals surface area contributed by atoms with Gasteiger partial charge in [-0.05, 0) is 42.9 Å². The number of carbonyl (C=O) groups excluding carboxylic acids is 2. The molecule has 0 spiro atoms. The van der Waals surface area contributed by atoms with Crippen molar-refractivity contribution in [3.8, 4) is 0 Å². The Balaban J connectivity index is 2.03. The molecule has 0 aliphatic heterocycles. The number of aliphatic hydroxyl groups excluding tert-OH is 1. The zero-order chi connectivity index (χ0) is 19.6. The zero-order valence-corrected chi connectivity index (χ0v) is 16.2. The van der Waals surface area contributed by atoms with E-state index >= 15 is 0 Å². The molecule has 0 radical (unpaired) electrons. The third kappa shape index (κ3) is 4.51. The lowest BCUT2D eigenvalue weighted by Gasteiger charge is -2.21. The number of aromatic nitrogens is 1. The summed E-state index contributed by atoms with van der Waals surface area (Å²) in [6, 6.07) is 13.0. The van der Waals surface area contributed by atoms with Gasteiger partial charge in [-0.25, -0.2) is 4.98 Å². The van der Waals surface area contributed by atoms with E-state index in [9.17, 15) is 14.7 Å².